The lowest BCUT2D eigenvalue weighted by molar-refractivity contribution is 0.102. The molecular weight excluding hydrogens is 294 g/mol. The van der Waals surface area contributed by atoms with Gasteiger partial charge in [-0.05, 0) is 36.8 Å². The minimum absolute atomic E-state index is 0.246. The van der Waals surface area contributed by atoms with E-state index in [1.165, 1.54) is 6.20 Å². The highest BCUT2D eigenvalue weighted by molar-refractivity contribution is 7.80. The maximum Gasteiger partial charge on any atom is 0.274 e. The molecule has 3 N–H and O–H groups in total. The van der Waals surface area contributed by atoms with Crippen LogP contribution in [0, 0.1) is 6.92 Å². The first-order chi connectivity index (χ1) is 9.47. The molecule has 2 rings (SSSR count). The van der Waals surface area contributed by atoms with Crippen molar-refractivity contribution in [2.24, 2.45) is 5.73 Å². The Hall–Kier alpha value is -1.98. The number of nitrogens with two attached hydrogens (primary N) is 1. The van der Waals surface area contributed by atoms with Gasteiger partial charge in [0, 0.05) is 22.5 Å². The molecule has 4 nitrogen and oxygen atoms in total. The number of hydrogen-bond donors (Lipinski definition) is 2. The molecule has 0 spiro atoms. The van der Waals surface area contributed by atoms with Crippen LogP contribution in [0.1, 0.15) is 21.6 Å². The number of anilines is 1. The van der Waals surface area contributed by atoms with Crippen molar-refractivity contribution in [3.8, 4) is 0 Å². The van der Waals surface area contributed by atoms with Crippen molar-refractivity contribution >= 4 is 40.4 Å². The molecule has 1 amide bonds. The van der Waals surface area contributed by atoms with E-state index in [0.29, 0.717) is 16.3 Å². The second-order valence-corrected chi connectivity index (χ2v) is 5.09. The lowest BCUT2D eigenvalue weighted by Gasteiger charge is -2.08. The summed E-state index contributed by atoms with van der Waals surface area (Å²) < 4.78 is 0. The summed E-state index contributed by atoms with van der Waals surface area (Å²) in [6.07, 6.45) is 1.47. The third-order valence-electron chi connectivity index (χ3n) is 2.73. The summed E-state index contributed by atoms with van der Waals surface area (Å²) in [5, 5.41) is 3.32. The zero-order chi connectivity index (χ0) is 14.7. The highest BCUT2D eigenvalue weighted by Crippen LogP contribution is 2.20. The van der Waals surface area contributed by atoms with E-state index in [2.05, 4.69) is 10.3 Å². The van der Waals surface area contributed by atoms with Gasteiger partial charge >= 0.3 is 0 Å². The minimum Gasteiger partial charge on any atom is -0.389 e. The molecule has 0 unspecified atom stereocenters. The summed E-state index contributed by atoms with van der Waals surface area (Å²) in [6, 6.07) is 8.53. The average molecular weight is 306 g/mol. The molecule has 1 heterocycles. The van der Waals surface area contributed by atoms with Gasteiger partial charge in [0.2, 0.25) is 0 Å². The van der Waals surface area contributed by atoms with Crippen LogP contribution in [0.25, 0.3) is 0 Å². The standard InChI is InChI=1S/C14H12ClN3OS/c1-8-2-4-10(15)6-12(8)18-14(19)11-5-3-9(7-17-11)13(16)20/h2-7H,1H3,(H2,16,20)(H,18,19). The molecule has 0 aliphatic heterocycles. The van der Waals surface area contributed by atoms with Crippen LogP contribution >= 0.6 is 23.8 Å². The van der Waals surface area contributed by atoms with E-state index in [-0.39, 0.29) is 16.6 Å². The molecule has 102 valence electrons. The van der Waals surface area contributed by atoms with Crippen LogP contribution in [0.4, 0.5) is 5.69 Å². The van der Waals surface area contributed by atoms with Crippen LogP contribution in [0.5, 0.6) is 0 Å². The van der Waals surface area contributed by atoms with Crippen molar-refractivity contribution < 1.29 is 4.79 Å². The Balaban J connectivity index is 2.19. The van der Waals surface area contributed by atoms with Crippen LogP contribution in [-0.2, 0) is 0 Å². The van der Waals surface area contributed by atoms with Crippen molar-refractivity contribution in [3.05, 3.63) is 58.4 Å². The highest BCUT2D eigenvalue weighted by atomic mass is 35.5. The third-order valence-corrected chi connectivity index (χ3v) is 3.20. The quantitative estimate of drug-likeness (QED) is 0.856. The van der Waals surface area contributed by atoms with Crippen molar-refractivity contribution in [2.75, 3.05) is 5.32 Å². The number of nitrogens with zero attached hydrogens (tertiary/aromatic N) is 1. The maximum absolute atomic E-state index is 12.1. The highest BCUT2D eigenvalue weighted by Gasteiger charge is 2.10. The Kier molecular flexibility index (Phi) is 4.32. The topological polar surface area (TPSA) is 68.0 Å². The van der Waals surface area contributed by atoms with Crippen LogP contribution < -0.4 is 11.1 Å². The minimum atomic E-state index is -0.315. The van der Waals surface area contributed by atoms with E-state index in [0.717, 1.165) is 5.56 Å². The molecule has 0 saturated carbocycles. The number of aryl methyl sites for hydroxylation is 1. The molecule has 6 heteroatoms. The fourth-order valence-corrected chi connectivity index (χ4v) is 1.88. The number of aromatic nitrogens is 1. The second-order valence-electron chi connectivity index (χ2n) is 4.21. The first-order valence-corrected chi connectivity index (χ1v) is 6.59. The second kappa shape index (κ2) is 5.98. The summed E-state index contributed by atoms with van der Waals surface area (Å²) in [6.45, 7) is 1.88. The van der Waals surface area contributed by atoms with Crippen molar-refractivity contribution in [2.45, 2.75) is 6.92 Å². The summed E-state index contributed by atoms with van der Waals surface area (Å²) in [5.41, 5.74) is 7.95. The number of carbonyl (C=O) groups excluding carboxylic acids is 1. The van der Waals surface area contributed by atoms with Gasteiger partial charge in [0.15, 0.2) is 0 Å². The Bertz CT molecular complexity index is 671. The largest absolute Gasteiger partial charge is 0.389 e. The fourth-order valence-electron chi connectivity index (χ4n) is 1.59. The van der Waals surface area contributed by atoms with E-state index < -0.39 is 0 Å². The summed E-state index contributed by atoms with van der Waals surface area (Å²) in [4.78, 5) is 16.4. The Morgan fingerprint density at radius 2 is 2.10 bits per heavy atom. The Morgan fingerprint density at radius 3 is 2.70 bits per heavy atom. The van der Waals surface area contributed by atoms with Crippen molar-refractivity contribution in [1.29, 1.82) is 0 Å². The van der Waals surface area contributed by atoms with Crippen molar-refractivity contribution in [1.82, 2.24) is 4.98 Å². The van der Waals surface area contributed by atoms with Gasteiger partial charge in [-0.3, -0.25) is 9.78 Å². The summed E-state index contributed by atoms with van der Waals surface area (Å²) in [5.74, 6) is -0.315. The van der Waals surface area contributed by atoms with Crippen LogP contribution in [0.3, 0.4) is 0 Å². The molecule has 1 aromatic carbocycles. The molecule has 0 saturated heterocycles. The normalized spacial score (nSPS) is 10.1. The predicted octanol–water partition coefficient (Wildman–Crippen LogP) is 2.93. The van der Waals surface area contributed by atoms with E-state index >= 15 is 0 Å². The molecule has 0 radical (unpaired) electrons. The zero-order valence-corrected chi connectivity index (χ0v) is 12.3. The predicted molar refractivity (Wildman–Crippen MR) is 84.3 cm³/mol. The van der Waals surface area contributed by atoms with E-state index in [1.807, 2.05) is 13.0 Å². The van der Waals surface area contributed by atoms with Crippen LogP contribution in [0.15, 0.2) is 36.5 Å². The van der Waals surface area contributed by atoms with E-state index in [1.54, 1.807) is 24.3 Å². The molecule has 20 heavy (non-hydrogen) atoms. The number of carbonyl (C=O) groups is 1. The number of amides is 1. The third kappa shape index (κ3) is 3.31. The maximum atomic E-state index is 12.1. The fraction of sp³-hybridized carbons (Fsp3) is 0.0714. The SMILES string of the molecule is Cc1ccc(Cl)cc1NC(=O)c1ccc(C(N)=S)cn1. The zero-order valence-electron chi connectivity index (χ0n) is 10.7. The molecule has 0 aliphatic rings. The summed E-state index contributed by atoms with van der Waals surface area (Å²) >= 11 is 10.7. The van der Waals surface area contributed by atoms with E-state index in [9.17, 15) is 4.79 Å². The number of pyridine rings is 1. The van der Waals surface area contributed by atoms with Gasteiger partial charge in [-0.25, -0.2) is 0 Å². The van der Waals surface area contributed by atoms with Gasteiger partial charge in [-0.1, -0.05) is 29.9 Å². The van der Waals surface area contributed by atoms with Gasteiger partial charge in [0.05, 0.1) is 0 Å². The van der Waals surface area contributed by atoms with E-state index in [4.69, 9.17) is 29.6 Å². The van der Waals surface area contributed by atoms with Crippen LogP contribution in [-0.4, -0.2) is 15.9 Å². The monoisotopic (exact) mass is 305 g/mol. The Labute approximate surface area is 127 Å². The first-order valence-electron chi connectivity index (χ1n) is 5.81. The van der Waals surface area contributed by atoms with Gasteiger partial charge in [-0.2, -0.15) is 0 Å². The molecule has 0 fully saturated rings. The number of halogens is 1. The lowest BCUT2D eigenvalue weighted by atomic mass is 10.2. The summed E-state index contributed by atoms with van der Waals surface area (Å²) in [7, 11) is 0. The number of nitrogens with one attached hydrogen (secondary N) is 1. The number of hydrogen-bond acceptors (Lipinski definition) is 3. The van der Waals surface area contributed by atoms with Gasteiger partial charge in [-0.15, -0.1) is 0 Å². The van der Waals surface area contributed by atoms with Crippen LogP contribution in [0.2, 0.25) is 5.02 Å². The van der Waals surface area contributed by atoms with Crippen molar-refractivity contribution in [3.63, 3.8) is 0 Å². The average Bonchev–Trinajstić information content (AvgIpc) is 2.43. The first kappa shape index (κ1) is 14.4. The molecule has 0 atom stereocenters. The Morgan fingerprint density at radius 1 is 1.35 bits per heavy atom. The molecule has 2 aromatic rings. The molecular formula is C14H12ClN3OS. The number of thiocarbonyl (C=S) groups is 1. The molecule has 0 bridgehead atoms. The molecule has 0 aliphatic carbocycles. The smallest absolute Gasteiger partial charge is 0.274 e. The lowest BCUT2D eigenvalue weighted by Crippen LogP contribution is -2.16. The van der Waals surface area contributed by atoms with Gasteiger partial charge in [0.25, 0.3) is 5.91 Å². The number of rotatable bonds is 3. The number of benzene rings is 1. The van der Waals surface area contributed by atoms with Gasteiger partial charge < -0.3 is 11.1 Å². The van der Waals surface area contributed by atoms with Gasteiger partial charge in [0.1, 0.15) is 10.7 Å². The molecule has 1 aromatic heterocycles.